The van der Waals surface area contributed by atoms with Gasteiger partial charge in [-0.1, -0.05) is 13.0 Å². The van der Waals surface area contributed by atoms with Gasteiger partial charge in [-0.2, -0.15) is 4.98 Å². The Labute approximate surface area is 175 Å². The molecule has 0 N–H and O–H groups in total. The van der Waals surface area contributed by atoms with Crippen molar-refractivity contribution in [2.45, 2.75) is 40.8 Å². The summed E-state index contributed by atoms with van der Waals surface area (Å²) in [7, 11) is 1.67. The van der Waals surface area contributed by atoms with Crippen LogP contribution in [0.15, 0.2) is 27.8 Å². The van der Waals surface area contributed by atoms with Gasteiger partial charge in [-0.25, -0.2) is 4.79 Å². The second-order valence-electron chi connectivity index (χ2n) is 8.17. The van der Waals surface area contributed by atoms with E-state index in [4.69, 9.17) is 9.72 Å². The molecule has 3 heterocycles. The van der Waals surface area contributed by atoms with Gasteiger partial charge in [0.2, 0.25) is 5.95 Å². The van der Waals surface area contributed by atoms with Crippen LogP contribution in [0.2, 0.25) is 0 Å². The molecule has 0 spiro atoms. The highest BCUT2D eigenvalue weighted by atomic mass is 16.5. The normalized spacial score (nSPS) is 16.3. The SMILES string of the molecule is CCOCCn1c(=O)c2c(nc3n2C[C@H](C)CN3c2ccc(C)c(C)c2)n(C)c1=O. The first kappa shape index (κ1) is 20.4. The van der Waals surface area contributed by atoms with Crippen molar-refractivity contribution in [3.05, 3.63) is 50.2 Å². The number of hydrogen-bond acceptors (Lipinski definition) is 5. The Morgan fingerprint density at radius 2 is 1.93 bits per heavy atom. The van der Waals surface area contributed by atoms with Gasteiger partial charge in [-0.05, 0) is 49.9 Å². The molecule has 2 aromatic heterocycles. The molecule has 1 aliphatic rings. The Morgan fingerprint density at radius 3 is 2.63 bits per heavy atom. The minimum Gasteiger partial charge on any atom is -0.380 e. The number of nitrogens with zero attached hydrogens (tertiary/aromatic N) is 5. The molecule has 160 valence electrons. The van der Waals surface area contributed by atoms with E-state index >= 15 is 0 Å². The Morgan fingerprint density at radius 1 is 1.17 bits per heavy atom. The van der Waals surface area contributed by atoms with Gasteiger partial charge >= 0.3 is 5.69 Å². The van der Waals surface area contributed by atoms with Crippen LogP contribution in [-0.4, -0.2) is 38.4 Å². The summed E-state index contributed by atoms with van der Waals surface area (Å²) in [6.45, 7) is 10.8. The maximum Gasteiger partial charge on any atom is 0.332 e. The van der Waals surface area contributed by atoms with Crippen LogP contribution in [0.1, 0.15) is 25.0 Å². The number of benzene rings is 1. The molecule has 0 unspecified atom stereocenters. The number of aryl methyl sites for hydroxylation is 3. The van der Waals surface area contributed by atoms with E-state index in [1.165, 1.54) is 20.3 Å². The summed E-state index contributed by atoms with van der Waals surface area (Å²) in [5, 5.41) is 0. The van der Waals surface area contributed by atoms with Gasteiger partial charge in [0.1, 0.15) is 0 Å². The molecular weight excluding hydrogens is 382 g/mol. The van der Waals surface area contributed by atoms with Gasteiger partial charge in [0.25, 0.3) is 5.56 Å². The van der Waals surface area contributed by atoms with E-state index < -0.39 is 0 Å². The Bertz CT molecular complexity index is 1220. The quantitative estimate of drug-likeness (QED) is 0.603. The third-order valence-corrected chi connectivity index (χ3v) is 5.91. The van der Waals surface area contributed by atoms with Crippen molar-refractivity contribution in [2.24, 2.45) is 13.0 Å². The van der Waals surface area contributed by atoms with E-state index in [0.29, 0.717) is 42.8 Å². The molecule has 4 rings (SSSR count). The zero-order valence-corrected chi connectivity index (χ0v) is 18.3. The number of fused-ring (bicyclic) bond motifs is 3. The lowest BCUT2D eigenvalue weighted by Gasteiger charge is -2.33. The smallest absolute Gasteiger partial charge is 0.332 e. The zero-order valence-electron chi connectivity index (χ0n) is 18.3. The third kappa shape index (κ3) is 3.25. The minimum absolute atomic E-state index is 0.228. The summed E-state index contributed by atoms with van der Waals surface area (Å²) < 4.78 is 10.1. The molecule has 0 saturated heterocycles. The summed E-state index contributed by atoms with van der Waals surface area (Å²) in [4.78, 5) is 33.0. The molecule has 1 atom stereocenters. The molecule has 3 aromatic rings. The predicted molar refractivity (Wildman–Crippen MR) is 118 cm³/mol. The van der Waals surface area contributed by atoms with Crippen molar-refractivity contribution in [3.8, 4) is 0 Å². The molecule has 0 radical (unpaired) electrons. The van der Waals surface area contributed by atoms with E-state index in [9.17, 15) is 9.59 Å². The fourth-order valence-electron chi connectivity index (χ4n) is 4.11. The van der Waals surface area contributed by atoms with E-state index in [1.54, 1.807) is 7.05 Å². The summed E-state index contributed by atoms with van der Waals surface area (Å²) in [6, 6.07) is 6.34. The second-order valence-corrected chi connectivity index (χ2v) is 8.17. The van der Waals surface area contributed by atoms with E-state index in [-0.39, 0.29) is 17.8 Å². The highest BCUT2D eigenvalue weighted by Crippen LogP contribution is 2.33. The van der Waals surface area contributed by atoms with Crippen LogP contribution in [0.4, 0.5) is 11.6 Å². The maximum absolute atomic E-state index is 13.3. The fraction of sp³-hybridized carbons (Fsp3) is 0.500. The Kier molecular flexibility index (Phi) is 5.27. The van der Waals surface area contributed by atoms with E-state index in [2.05, 4.69) is 43.9 Å². The first-order valence-electron chi connectivity index (χ1n) is 10.5. The van der Waals surface area contributed by atoms with Crippen LogP contribution >= 0.6 is 0 Å². The largest absolute Gasteiger partial charge is 0.380 e. The lowest BCUT2D eigenvalue weighted by atomic mass is 10.1. The van der Waals surface area contributed by atoms with Crippen LogP contribution in [-0.2, 0) is 24.9 Å². The van der Waals surface area contributed by atoms with Crippen LogP contribution in [0, 0.1) is 19.8 Å². The second kappa shape index (κ2) is 7.75. The third-order valence-electron chi connectivity index (χ3n) is 5.91. The summed E-state index contributed by atoms with van der Waals surface area (Å²) >= 11 is 0. The number of imidazole rings is 1. The van der Waals surface area contributed by atoms with Crippen LogP contribution in [0.3, 0.4) is 0 Å². The minimum atomic E-state index is -0.367. The van der Waals surface area contributed by atoms with Gasteiger partial charge in [0, 0.05) is 32.4 Å². The van der Waals surface area contributed by atoms with Crippen molar-refractivity contribution < 1.29 is 4.74 Å². The van der Waals surface area contributed by atoms with Gasteiger partial charge in [-0.15, -0.1) is 0 Å². The number of hydrogen-bond donors (Lipinski definition) is 0. The average molecular weight is 412 g/mol. The molecule has 0 saturated carbocycles. The van der Waals surface area contributed by atoms with E-state index in [0.717, 1.165) is 12.2 Å². The number of aromatic nitrogens is 4. The summed E-state index contributed by atoms with van der Waals surface area (Å²) in [5.74, 6) is 1.03. The summed E-state index contributed by atoms with van der Waals surface area (Å²) in [5.41, 5.74) is 3.72. The van der Waals surface area contributed by atoms with E-state index in [1.807, 2.05) is 11.5 Å². The molecule has 30 heavy (non-hydrogen) atoms. The number of rotatable bonds is 5. The molecule has 8 heteroatoms. The fourth-order valence-corrected chi connectivity index (χ4v) is 4.11. The first-order valence-corrected chi connectivity index (χ1v) is 10.5. The molecule has 0 fully saturated rings. The Hall–Kier alpha value is -2.87. The first-order chi connectivity index (χ1) is 14.3. The van der Waals surface area contributed by atoms with Crippen LogP contribution in [0.5, 0.6) is 0 Å². The van der Waals surface area contributed by atoms with Crippen molar-refractivity contribution in [3.63, 3.8) is 0 Å². The topological polar surface area (TPSA) is 74.3 Å². The Balaban J connectivity index is 1.92. The average Bonchev–Trinajstić information content (AvgIpc) is 3.10. The molecule has 0 amide bonds. The lowest BCUT2D eigenvalue weighted by Crippen LogP contribution is -2.41. The number of ether oxygens (including phenoxy) is 1. The van der Waals surface area contributed by atoms with Crippen molar-refractivity contribution >= 4 is 22.8 Å². The van der Waals surface area contributed by atoms with Crippen LogP contribution < -0.4 is 16.1 Å². The maximum atomic E-state index is 13.3. The van der Waals surface area contributed by atoms with Crippen molar-refractivity contribution in [1.82, 2.24) is 18.7 Å². The van der Waals surface area contributed by atoms with Crippen LogP contribution in [0.25, 0.3) is 11.2 Å². The number of anilines is 2. The van der Waals surface area contributed by atoms with Crippen molar-refractivity contribution in [2.75, 3.05) is 24.7 Å². The van der Waals surface area contributed by atoms with Gasteiger partial charge in [0.15, 0.2) is 11.2 Å². The van der Waals surface area contributed by atoms with Gasteiger partial charge < -0.3 is 14.2 Å². The van der Waals surface area contributed by atoms with Crippen molar-refractivity contribution in [1.29, 1.82) is 0 Å². The highest BCUT2D eigenvalue weighted by Gasteiger charge is 2.29. The molecule has 0 aliphatic carbocycles. The standard InChI is InChI=1S/C22H29N5O3/c1-6-30-10-9-25-20(28)18-19(24(5)22(25)29)23-21-26(12-14(2)13-27(18)21)17-8-7-15(3)16(4)11-17/h7-8,11,14H,6,9-10,12-13H2,1-5H3/t14-/m1/s1. The lowest BCUT2D eigenvalue weighted by molar-refractivity contribution is 0.137. The predicted octanol–water partition coefficient (Wildman–Crippen LogP) is 2.34. The summed E-state index contributed by atoms with van der Waals surface area (Å²) in [6.07, 6.45) is 0. The monoisotopic (exact) mass is 411 g/mol. The molecule has 0 bridgehead atoms. The van der Waals surface area contributed by atoms with Gasteiger partial charge in [-0.3, -0.25) is 13.9 Å². The van der Waals surface area contributed by atoms with Gasteiger partial charge in [0.05, 0.1) is 13.2 Å². The molecule has 8 nitrogen and oxygen atoms in total. The molecule has 1 aliphatic heterocycles. The zero-order chi connectivity index (χ0) is 21.6. The molecular formula is C22H29N5O3. The highest BCUT2D eigenvalue weighted by molar-refractivity contribution is 5.77. The molecule has 1 aromatic carbocycles.